The SMILES string of the molecule is Cc1cc(/C=C/C(F)(F)F)ccc1C(=O)Nc1ccc2sc(C(C)(C)O)nc2c1. The van der Waals surface area contributed by atoms with Crippen molar-refractivity contribution in [2.45, 2.75) is 32.5 Å². The molecule has 3 rings (SSSR count). The number of amides is 1. The fraction of sp³-hybridized carbons (Fsp3) is 0.238. The van der Waals surface area contributed by atoms with Gasteiger partial charge in [-0.05, 0) is 56.2 Å². The van der Waals surface area contributed by atoms with E-state index in [1.165, 1.54) is 29.5 Å². The van der Waals surface area contributed by atoms with Gasteiger partial charge >= 0.3 is 6.18 Å². The number of carbonyl (C=O) groups excluding carboxylic acids is 1. The van der Waals surface area contributed by atoms with Crippen LogP contribution in [0.2, 0.25) is 0 Å². The molecule has 0 atom stereocenters. The molecular formula is C21H19F3N2O2S. The van der Waals surface area contributed by atoms with Crippen LogP contribution in [0.25, 0.3) is 16.3 Å². The van der Waals surface area contributed by atoms with E-state index < -0.39 is 11.8 Å². The summed E-state index contributed by atoms with van der Waals surface area (Å²) >= 11 is 1.38. The van der Waals surface area contributed by atoms with E-state index in [9.17, 15) is 23.1 Å². The molecule has 3 aromatic rings. The molecule has 2 N–H and O–H groups in total. The van der Waals surface area contributed by atoms with Crippen molar-refractivity contribution in [3.63, 3.8) is 0 Å². The van der Waals surface area contributed by atoms with Gasteiger partial charge in [0.25, 0.3) is 5.91 Å². The van der Waals surface area contributed by atoms with Crippen LogP contribution in [-0.2, 0) is 5.60 Å². The van der Waals surface area contributed by atoms with Gasteiger partial charge in [0, 0.05) is 17.3 Å². The maximum Gasteiger partial charge on any atom is 0.409 e. The highest BCUT2D eigenvalue weighted by Crippen LogP contribution is 2.31. The first kappa shape index (κ1) is 21.0. The molecule has 0 bridgehead atoms. The van der Waals surface area contributed by atoms with Crippen molar-refractivity contribution in [1.82, 2.24) is 4.98 Å². The van der Waals surface area contributed by atoms with E-state index in [0.717, 1.165) is 10.8 Å². The maximum atomic E-state index is 12.6. The molecule has 1 amide bonds. The third-order valence-corrected chi connectivity index (χ3v) is 5.48. The number of carbonyl (C=O) groups is 1. The predicted molar refractivity (Wildman–Crippen MR) is 109 cm³/mol. The van der Waals surface area contributed by atoms with E-state index in [1.807, 2.05) is 6.07 Å². The minimum Gasteiger partial charge on any atom is -0.383 e. The standard InChI is InChI=1S/C21H19F3N2O2S/c1-12-10-13(8-9-21(22,23)24)4-6-15(12)18(27)25-14-5-7-17-16(11-14)26-19(29-17)20(2,3)28/h4-11,28H,1-3H3,(H,25,27)/b9-8+. The maximum absolute atomic E-state index is 12.6. The van der Waals surface area contributed by atoms with Crippen molar-refractivity contribution in [2.75, 3.05) is 5.32 Å². The van der Waals surface area contributed by atoms with Crippen LogP contribution in [-0.4, -0.2) is 22.2 Å². The number of halogens is 3. The summed E-state index contributed by atoms with van der Waals surface area (Å²) in [7, 11) is 0. The molecule has 0 aliphatic rings. The molecule has 152 valence electrons. The first-order valence-corrected chi connectivity index (χ1v) is 9.55. The average Bonchev–Trinajstić information content (AvgIpc) is 3.03. The zero-order valence-corrected chi connectivity index (χ0v) is 16.8. The Labute approximate surface area is 169 Å². The van der Waals surface area contributed by atoms with Crippen LogP contribution in [0.1, 0.15) is 40.3 Å². The fourth-order valence-electron chi connectivity index (χ4n) is 2.70. The molecule has 0 fully saturated rings. The number of fused-ring (bicyclic) bond motifs is 1. The summed E-state index contributed by atoms with van der Waals surface area (Å²) < 4.78 is 37.8. The molecule has 1 heterocycles. The van der Waals surface area contributed by atoms with Gasteiger partial charge < -0.3 is 10.4 Å². The molecule has 0 aliphatic heterocycles. The number of allylic oxidation sites excluding steroid dienone is 1. The van der Waals surface area contributed by atoms with Gasteiger partial charge in [-0.25, -0.2) is 4.98 Å². The lowest BCUT2D eigenvalue weighted by Crippen LogP contribution is -2.14. The number of benzene rings is 2. The van der Waals surface area contributed by atoms with Crippen LogP contribution in [0, 0.1) is 6.92 Å². The quantitative estimate of drug-likeness (QED) is 0.573. The Bertz CT molecular complexity index is 1100. The zero-order chi connectivity index (χ0) is 21.4. The van der Waals surface area contributed by atoms with E-state index in [-0.39, 0.29) is 12.0 Å². The van der Waals surface area contributed by atoms with E-state index in [2.05, 4.69) is 10.3 Å². The minimum atomic E-state index is -4.39. The van der Waals surface area contributed by atoms with Crippen molar-refractivity contribution in [1.29, 1.82) is 0 Å². The molecule has 0 unspecified atom stereocenters. The molecule has 2 aromatic carbocycles. The van der Waals surface area contributed by atoms with Crippen LogP contribution in [0.4, 0.5) is 18.9 Å². The van der Waals surface area contributed by atoms with Crippen molar-refractivity contribution in [3.8, 4) is 0 Å². The Kier molecular flexibility index (Phi) is 5.51. The summed E-state index contributed by atoms with van der Waals surface area (Å²) in [6, 6.07) is 9.75. The lowest BCUT2D eigenvalue weighted by atomic mass is 10.0. The normalized spacial score (nSPS) is 12.7. The van der Waals surface area contributed by atoms with Gasteiger partial charge in [0.15, 0.2) is 0 Å². The lowest BCUT2D eigenvalue weighted by molar-refractivity contribution is -0.0790. The van der Waals surface area contributed by atoms with Crippen molar-refractivity contribution >= 4 is 39.2 Å². The Morgan fingerprint density at radius 2 is 1.90 bits per heavy atom. The molecule has 0 saturated carbocycles. The Balaban J connectivity index is 1.80. The van der Waals surface area contributed by atoms with E-state index >= 15 is 0 Å². The third kappa shape index (κ3) is 5.21. The number of aromatic nitrogens is 1. The second kappa shape index (κ2) is 7.61. The van der Waals surface area contributed by atoms with Gasteiger partial charge in [-0.2, -0.15) is 13.2 Å². The topological polar surface area (TPSA) is 62.2 Å². The fourth-order valence-corrected chi connectivity index (χ4v) is 3.65. The van der Waals surface area contributed by atoms with E-state index in [4.69, 9.17) is 0 Å². The Morgan fingerprint density at radius 3 is 2.52 bits per heavy atom. The highest BCUT2D eigenvalue weighted by atomic mass is 32.1. The van der Waals surface area contributed by atoms with E-state index in [1.54, 1.807) is 32.9 Å². The number of aryl methyl sites for hydroxylation is 1. The van der Waals surface area contributed by atoms with Crippen molar-refractivity contribution < 1.29 is 23.1 Å². The van der Waals surface area contributed by atoms with Crippen LogP contribution >= 0.6 is 11.3 Å². The molecule has 0 saturated heterocycles. The predicted octanol–water partition coefficient (Wildman–Crippen LogP) is 5.66. The van der Waals surface area contributed by atoms with Crippen molar-refractivity contribution in [2.24, 2.45) is 0 Å². The highest BCUT2D eigenvalue weighted by Gasteiger charge is 2.22. The number of hydrogen-bond acceptors (Lipinski definition) is 4. The van der Waals surface area contributed by atoms with Gasteiger partial charge in [-0.15, -0.1) is 11.3 Å². The Morgan fingerprint density at radius 1 is 1.17 bits per heavy atom. The number of aliphatic hydroxyl groups is 1. The van der Waals surface area contributed by atoms with Crippen LogP contribution in [0.15, 0.2) is 42.5 Å². The van der Waals surface area contributed by atoms with Crippen LogP contribution < -0.4 is 5.32 Å². The first-order chi connectivity index (χ1) is 13.4. The highest BCUT2D eigenvalue weighted by molar-refractivity contribution is 7.18. The molecule has 1 aromatic heterocycles. The monoisotopic (exact) mass is 420 g/mol. The summed E-state index contributed by atoms with van der Waals surface area (Å²) in [6.45, 7) is 4.98. The second-order valence-corrected chi connectivity index (χ2v) is 8.19. The number of nitrogens with one attached hydrogen (secondary N) is 1. The number of alkyl halides is 3. The number of nitrogens with zero attached hydrogens (tertiary/aromatic N) is 1. The van der Waals surface area contributed by atoms with Crippen molar-refractivity contribution in [3.05, 3.63) is 64.2 Å². The van der Waals surface area contributed by atoms with Gasteiger partial charge in [-0.3, -0.25) is 4.79 Å². The van der Waals surface area contributed by atoms with Crippen LogP contribution in [0.3, 0.4) is 0 Å². The number of rotatable bonds is 4. The number of anilines is 1. The zero-order valence-electron chi connectivity index (χ0n) is 16.0. The summed E-state index contributed by atoms with van der Waals surface area (Å²) in [4.78, 5) is 17.0. The molecule has 8 heteroatoms. The lowest BCUT2D eigenvalue weighted by Gasteiger charge is -2.11. The smallest absolute Gasteiger partial charge is 0.383 e. The molecule has 0 radical (unpaired) electrons. The van der Waals surface area contributed by atoms with Gasteiger partial charge in [-0.1, -0.05) is 18.2 Å². The Hall–Kier alpha value is -2.71. The van der Waals surface area contributed by atoms with Crippen LogP contribution in [0.5, 0.6) is 0 Å². The minimum absolute atomic E-state index is 0.159. The molecule has 0 spiro atoms. The largest absolute Gasteiger partial charge is 0.409 e. The molecule has 29 heavy (non-hydrogen) atoms. The summed E-state index contributed by atoms with van der Waals surface area (Å²) in [5.74, 6) is -0.369. The molecule has 4 nitrogen and oxygen atoms in total. The van der Waals surface area contributed by atoms with Gasteiger partial charge in [0.2, 0.25) is 0 Å². The third-order valence-electron chi connectivity index (χ3n) is 4.13. The summed E-state index contributed by atoms with van der Waals surface area (Å²) in [5, 5.41) is 13.5. The van der Waals surface area contributed by atoms with Gasteiger partial charge in [0.1, 0.15) is 10.6 Å². The van der Waals surface area contributed by atoms with Gasteiger partial charge in [0.05, 0.1) is 10.2 Å². The summed E-state index contributed by atoms with van der Waals surface area (Å²) in [6.07, 6.45) is -3.26. The average molecular weight is 420 g/mol. The number of hydrogen-bond donors (Lipinski definition) is 2. The second-order valence-electron chi connectivity index (χ2n) is 7.16. The van der Waals surface area contributed by atoms with E-state index in [0.29, 0.717) is 32.9 Å². The summed E-state index contributed by atoms with van der Waals surface area (Å²) in [5.41, 5.74) is 1.44. The molecule has 0 aliphatic carbocycles. The number of thiazole rings is 1. The first-order valence-electron chi connectivity index (χ1n) is 8.74. The molecular weight excluding hydrogens is 401 g/mol.